The second-order valence-corrected chi connectivity index (χ2v) is 10.6. The largest absolute Gasteiger partial charge is 0.487 e. The molecule has 0 atom stereocenters. The number of hydrogen-bond acceptors (Lipinski definition) is 4. The van der Waals surface area contributed by atoms with Crippen molar-refractivity contribution in [2.24, 2.45) is 4.99 Å². The van der Waals surface area contributed by atoms with Crippen LogP contribution in [0.1, 0.15) is 16.7 Å². The van der Waals surface area contributed by atoms with E-state index in [2.05, 4.69) is 82.0 Å². The smallest absolute Gasteiger partial charge is 0.363 e. The van der Waals surface area contributed by atoms with Crippen molar-refractivity contribution in [3.8, 4) is 5.75 Å². The van der Waals surface area contributed by atoms with Gasteiger partial charge >= 0.3 is 5.97 Å². The third-order valence-electron chi connectivity index (χ3n) is 4.35. The lowest BCUT2D eigenvalue weighted by Crippen LogP contribution is -2.05. The molecular formula is C23H13Br2I2NO3. The first-order chi connectivity index (χ1) is 14.9. The number of carbonyl (C=O) groups excluding carboxylic acids is 1. The van der Waals surface area contributed by atoms with E-state index in [1.165, 1.54) is 0 Å². The fourth-order valence-electron chi connectivity index (χ4n) is 2.88. The Morgan fingerprint density at radius 3 is 2.45 bits per heavy atom. The third-order valence-corrected chi connectivity index (χ3v) is 7.22. The molecule has 31 heavy (non-hydrogen) atoms. The van der Waals surface area contributed by atoms with Gasteiger partial charge in [0.2, 0.25) is 5.90 Å². The van der Waals surface area contributed by atoms with Crippen LogP contribution in [0.5, 0.6) is 5.75 Å². The Labute approximate surface area is 223 Å². The van der Waals surface area contributed by atoms with Gasteiger partial charge < -0.3 is 9.47 Å². The summed E-state index contributed by atoms with van der Waals surface area (Å²) in [6.45, 7) is 0.459. The van der Waals surface area contributed by atoms with Gasteiger partial charge in [-0.2, -0.15) is 0 Å². The van der Waals surface area contributed by atoms with Gasteiger partial charge in [-0.05, 0) is 93.2 Å². The highest BCUT2D eigenvalue weighted by molar-refractivity contribution is 14.1. The summed E-state index contributed by atoms with van der Waals surface area (Å²) in [5.41, 5.74) is 2.94. The molecule has 0 aliphatic carbocycles. The van der Waals surface area contributed by atoms with E-state index >= 15 is 0 Å². The van der Waals surface area contributed by atoms with E-state index in [-0.39, 0.29) is 5.70 Å². The van der Waals surface area contributed by atoms with Crippen LogP contribution in [0, 0.1) is 7.14 Å². The molecule has 4 rings (SSSR count). The molecule has 0 saturated heterocycles. The van der Waals surface area contributed by atoms with Crippen molar-refractivity contribution in [3.63, 3.8) is 0 Å². The lowest BCUT2D eigenvalue weighted by molar-refractivity contribution is -0.129. The molecule has 0 saturated carbocycles. The quantitative estimate of drug-likeness (QED) is 0.155. The monoisotopic (exact) mass is 763 g/mol. The lowest BCUT2D eigenvalue weighted by atomic mass is 10.2. The number of aliphatic imine (C=N–C) groups is 1. The van der Waals surface area contributed by atoms with Crippen molar-refractivity contribution < 1.29 is 14.3 Å². The number of ether oxygens (including phenoxy) is 2. The molecule has 1 aliphatic rings. The van der Waals surface area contributed by atoms with Crippen molar-refractivity contribution in [3.05, 3.63) is 99.1 Å². The van der Waals surface area contributed by atoms with Gasteiger partial charge in [-0.15, -0.1) is 0 Å². The van der Waals surface area contributed by atoms with Gasteiger partial charge in [0, 0.05) is 20.1 Å². The second kappa shape index (κ2) is 10.1. The molecule has 0 amide bonds. The number of rotatable bonds is 5. The van der Waals surface area contributed by atoms with E-state index in [4.69, 9.17) is 9.47 Å². The molecule has 0 spiro atoms. The van der Waals surface area contributed by atoms with E-state index in [1.54, 1.807) is 6.08 Å². The fourth-order valence-corrected chi connectivity index (χ4v) is 5.80. The maximum Gasteiger partial charge on any atom is 0.363 e. The summed E-state index contributed by atoms with van der Waals surface area (Å²) in [4.78, 5) is 16.7. The minimum Gasteiger partial charge on any atom is -0.487 e. The molecule has 4 nitrogen and oxygen atoms in total. The molecule has 3 aromatic carbocycles. The third kappa shape index (κ3) is 5.58. The van der Waals surface area contributed by atoms with Crippen LogP contribution < -0.4 is 4.74 Å². The van der Waals surface area contributed by atoms with Crippen LogP contribution in [-0.4, -0.2) is 11.9 Å². The Bertz CT molecular complexity index is 1220. The van der Waals surface area contributed by atoms with E-state index in [9.17, 15) is 4.79 Å². The van der Waals surface area contributed by atoms with Crippen LogP contribution >= 0.6 is 77.0 Å². The van der Waals surface area contributed by atoms with Gasteiger partial charge in [0.1, 0.15) is 12.4 Å². The number of cyclic esters (lactones) is 1. The van der Waals surface area contributed by atoms with Gasteiger partial charge in [-0.3, -0.25) is 0 Å². The zero-order chi connectivity index (χ0) is 22.0. The summed E-state index contributed by atoms with van der Waals surface area (Å²) in [5, 5.41) is 0. The van der Waals surface area contributed by atoms with Crippen LogP contribution in [-0.2, 0) is 16.1 Å². The molecule has 0 radical (unpaired) electrons. The van der Waals surface area contributed by atoms with Crippen molar-refractivity contribution >= 4 is 95.0 Å². The highest BCUT2D eigenvalue weighted by Crippen LogP contribution is 2.32. The highest BCUT2D eigenvalue weighted by Gasteiger charge is 2.24. The Morgan fingerprint density at radius 2 is 1.74 bits per heavy atom. The van der Waals surface area contributed by atoms with Gasteiger partial charge in [0.05, 0.1) is 7.14 Å². The molecule has 156 valence electrons. The summed E-state index contributed by atoms with van der Waals surface area (Å²) < 4.78 is 15.2. The molecule has 0 unspecified atom stereocenters. The van der Waals surface area contributed by atoms with E-state index in [0.717, 1.165) is 38.5 Å². The van der Waals surface area contributed by atoms with Gasteiger partial charge in [0.15, 0.2) is 5.70 Å². The SMILES string of the molecule is O=C1OC(c2cccc(Br)c2)=NC1=Cc1cc(I)c(OCc2ccccc2Br)c(I)c1. The maximum absolute atomic E-state index is 12.3. The minimum absolute atomic E-state index is 0.267. The minimum atomic E-state index is -0.464. The van der Waals surface area contributed by atoms with Crippen molar-refractivity contribution in [1.82, 2.24) is 0 Å². The molecule has 0 bridgehead atoms. The summed E-state index contributed by atoms with van der Waals surface area (Å²) in [7, 11) is 0. The van der Waals surface area contributed by atoms with Crippen LogP contribution in [0.2, 0.25) is 0 Å². The lowest BCUT2D eigenvalue weighted by Gasteiger charge is -2.12. The van der Waals surface area contributed by atoms with E-state index in [0.29, 0.717) is 12.5 Å². The molecule has 1 aliphatic heterocycles. The predicted octanol–water partition coefficient (Wildman–Crippen LogP) is 7.34. The highest BCUT2D eigenvalue weighted by atomic mass is 127. The fraction of sp³-hybridized carbons (Fsp3) is 0.0435. The van der Waals surface area contributed by atoms with Crippen LogP contribution in [0.4, 0.5) is 0 Å². The maximum atomic E-state index is 12.3. The summed E-state index contributed by atoms with van der Waals surface area (Å²) in [6, 6.07) is 19.4. The Balaban J connectivity index is 1.57. The van der Waals surface area contributed by atoms with E-state index < -0.39 is 5.97 Å². The van der Waals surface area contributed by atoms with Gasteiger partial charge in [-0.1, -0.05) is 56.1 Å². The first kappa shape index (κ1) is 22.9. The van der Waals surface area contributed by atoms with Crippen LogP contribution in [0.25, 0.3) is 6.08 Å². The Kier molecular flexibility index (Phi) is 7.50. The average molecular weight is 765 g/mol. The summed E-state index contributed by atoms with van der Waals surface area (Å²) >= 11 is 11.5. The van der Waals surface area contributed by atoms with Crippen LogP contribution in [0.3, 0.4) is 0 Å². The normalized spacial score (nSPS) is 14.5. The summed E-state index contributed by atoms with van der Waals surface area (Å²) in [5.74, 6) is 0.649. The van der Waals surface area contributed by atoms with Gasteiger partial charge in [0.25, 0.3) is 0 Å². The Hall–Kier alpha value is -1.24. The summed E-state index contributed by atoms with van der Waals surface area (Å²) in [6.07, 6.45) is 1.73. The molecule has 8 heteroatoms. The standard InChI is InChI=1S/C23H13Br2I2NO3/c24-16-6-3-5-14(11-16)22-28-20(23(29)31-22)10-13-8-18(26)21(19(27)9-13)30-12-15-4-1-2-7-17(15)25/h1-11H,12H2. The molecule has 0 N–H and O–H groups in total. The number of carbonyl (C=O) groups is 1. The zero-order valence-electron chi connectivity index (χ0n) is 15.7. The first-order valence-corrected chi connectivity index (χ1v) is 12.8. The average Bonchev–Trinajstić information content (AvgIpc) is 3.09. The second-order valence-electron chi connectivity index (χ2n) is 6.54. The Morgan fingerprint density at radius 1 is 1.00 bits per heavy atom. The molecule has 1 heterocycles. The number of benzene rings is 3. The first-order valence-electron chi connectivity index (χ1n) is 9.04. The van der Waals surface area contributed by atoms with Crippen molar-refractivity contribution in [2.45, 2.75) is 6.61 Å². The zero-order valence-corrected chi connectivity index (χ0v) is 23.2. The molecule has 0 fully saturated rings. The molecular weight excluding hydrogens is 752 g/mol. The van der Waals surface area contributed by atoms with Gasteiger partial charge in [-0.25, -0.2) is 9.79 Å². The number of esters is 1. The number of halogens is 4. The topological polar surface area (TPSA) is 47.9 Å². The van der Waals surface area contributed by atoms with Crippen molar-refractivity contribution in [2.75, 3.05) is 0 Å². The number of hydrogen-bond donors (Lipinski definition) is 0. The molecule has 0 aromatic heterocycles. The predicted molar refractivity (Wildman–Crippen MR) is 145 cm³/mol. The number of nitrogens with zero attached hydrogens (tertiary/aromatic N) is 1. The molecule has 3 aromatic rings. The van der Waals surface area contributed by atoms with Crippen LogP contribution in [0.15, 0.2) is 80.3 Å². The van der Waals surface area contributed by atoms with Crippen molar-refractivity contribution in [1.29, 1.82) is 0 Å². The van der Waals surface area contributed by atoms with E-state index in [1.807, 2.05) is 60.7 Å².